The van der Waals surface area contributed by atoms with E-state index in [2.05, 4.69) is 19.2 Å². The highest BCUT2D eigenvalue weighted by atomic mass is 16.5. The lowest BCUT2D eigenvalue weighted by molar-refractivity contribution is -0.122. The van der Waals surface area contributed by atoms with Gasteiger partial charge >= 0.3 is 0 Å². The normalized spacial score (nSPS) is 18.0. The van der Waals surface area contributed by atoms with Crippen LogP contribution in [0.5, 0.6) is 5.75 Å². The number of hydrogen-bond donors (Lipinski definition) is 2. The van der Waals surface area contributed by atoms with Gasteiger partial charge in [-0.15, -0.1) is 0 Å². The summed E-state index contributed by atoms with van der Waals surface area (Å²) < 4.78 is 5.63. The van der Waals surface area contributed by atoms with Crippen LogP contribution in [-0.2, 0) is 4.79 Å². The minimum absolute atomic E-state index is 0.0606. The van der Waals surface area contributed by atoms with Crippen LogP contribution in [0.4, 0.5) is 5.69 Å². The predicted octanol–water partition coefficient (Wildman–Crippen LogP) is 1.85. The molecule has 0 aliphatic carbocycles. The van der Waals surface area contributed by atoms with E-state index in [1.165, 1.54) is 0 Å². The van der Waals surface area contributed by atoms with Gasteiger partial charge < -0.3 is 20.7 Å². The Morgan fingerprint density at radius 1 is 1.43 bits per heavy atom. The molecule has 0 fully saturated rings. The van der Waals surface area contributed by atoms with Gasteiger partial charge in [0, 0.05) is 19.6 Å². The van der Waals surface area contributed by atoms with E-state index in [1.807, 2.05) is 0 Å². The highest BCUT2D eigenvalue weighted by Crippen LogP contribution is 2.33. The van der Waals surface area contributed by atoms with Crippen LogP contribution in [0.3, 0.4) is 0 Å². The Morgan fingerprint density at radius 2 is 2.13 bits per heavy atom. The maximum absolute atomic E-state index is 12.7. The number of nitrogens with one attached hydrogen (secondary N) is 1. The molecule has 3 N–H and O–H groups in total. The van der Waals surface area contributed by atoms with Crippen LogP contribution in [-0.4, -0.2) is 42.5 Å². The molecule has 0 radical (unpaired) electrons. The van der Waals surface area contributed by atoms with Crippen LogP contribution >= 0.6 is 0 Å². The molecule has 2 rings (SSSR count). The Bertz CT molecular complexity index is 601. The lowest BCUT2D eigenvalue weighted by Crippen LogP contribution is -2.37. The van der Waals surface area contributed by atoms with Gasteiger partial charge in [-0.25, -0.2) is 0 Å². The second kappa shape index (κ2) is 7.00. The number of fused-ring (bicyclic) bond motifs is 1. The van der Waals surface area contributed by atoms with Crippen LogP contribution in [0.25, 0.3) is 0 Å². The fourth-order valence-corrected chi connectivity index (χ4v) is 2.38. The van der Waals surface area contributed by atoms with E-state index < -0.39 is 6.10 Å². The zero-order chi connectivity index (χ0) is 17.1. The third-order valence-corrected chi connectivity index (χ3v) is 4.17. The number of anilines is 1. The summed E-state index contributed by atoms with van der Waals surface area (Å²) in [5.41, 5.74) is 7.03. The maximum Gasteiger partial charge on any atom is 0.265 e. The van der Waals surface area contributed by atoms with Crippen molar-refractivity contribution in [3.63, 3.8) is 0 Å². The van der Waals surface area contributed by atoms with Crippen molar-refractivity contribution in [2.24, 2.45) is 11.7 Å². The largest absolute Gasteiger partial charge is 0.478 e. The molecule has 1 aromatic rings. The number of rotatable bonds is 5. The molecule has 1 aliphatic rings. The van der Waals surface area contributed by atoms with E-state index in [4.69, 9.17) is 10.5 Å². The molecule has 0 bridgehead atoms. The number of nitrogens with zero attached hydrogens (tertiary/aromatic N) is 1. The van der Waals surface area contributed by atoms with Gasteiger partial charge in [0.15, 0.2) is 11.9 Å². The van der Waals surface area contributed by atoms with Gasteiger partial charge in [0.05, 0.1) is 11.3 Å². The fourth-order valence-electron chi connectivity index (χ4n) is 2.38. The minimum Gasteiger partial charge on any atom is -0.478 e. The first kappa shape index (κ1) is 17.3. The van der Waals surface area contributed by atoms with Crippen LogP contribution in [0.2, 0.25) is 0 Å². The van der Waals surface area contributed by atoms with Crippen molar-refractivity contribution in [1.82, 2.24) is 4.90 Å². The van der Waals surface area contributed by atoms with Crippen molar-refractivity contribution >= 4 is 17.5 Å². The Kier molecular flexibility index (Phi) is 5.26. The van der Waals surface area contributed by atoms with Gasteiger partial charge in [0.2, 0.25) is 0 Å². The number of ether oxygens (including phenoxy) is 1. The van der Waals surface area contributed by atoms with E-state index in [9.17, 15) is 9.59 Å². The topological polar surface area (TPSA) is 84.7 Å². The van der Waals surface area contributed by atoms with Gasteiger partial charge in [-0.05, 0) is 31.4 Å². The molecule has 2 amide bonds. The summed E-state index contributed by atoms with van der Waals surface area (Å²) in [6.07, 6.45) is 0.124. The summed E-state index contributed by atoms with van der Waals surface area (Å²) in [5, 5.41) is 2.75. The molecule has 126 valence electrons. The van der Waals surface area contributed by atoms with E-state index in [1.54, 1.807) is 37.1 Å². The molecule has 1 heterocycles. The highest BCUT2D eigenvalue weighted by Gasteiger charge is 2.28. The molecule has 1 aromatic carbocycles. The summed E-state index contributed by atoms with van der Waals surface area (Å²) in [7, 11) is 1.75. The summed E-state index contributed by atoms with van der Waals surface area (Å²) >= 11 is 0. The van der Waals surface area contributed by atoms with Crippen molar-refractivity contribution in [1.29, 1.82) is 0 Å². The van der Waals surface area contributed by atoms with Crippen molar-refractivity contribution in [2.75, 3.05) is 18.9 Å². The standard InChI is InChI=1S/C17H25N3O3/c1-10(2)13(18)8-9-20(4)17(22)12-6-5-7-14-15(12)23-11(3)16(21)19-14/h5-7,10-11,13H,8-9,18H2,1-4H3,(H,19,21). The molecular formula is C17H25N3O3. The molecular weight excluding hydrogens is 294 g/mol. The van der Waals surface area contributed by atoms with Crippen LogP contribution in [0.15, 0.2) is 18.2 Å². The van der Waals surface area contributed by atoms with Gasteiger partial charge in [0.1, 0.15) is 0 Å². The number of hydrogen-bond acceptors (Lipinski definition) is 4. The van der Waals surface area contributed by atoms with Gasteiger partial charge in [-0.2, -0.15) is 0 Å². The molecule has 23 heavy (non-hydrogen) atoms. The fraction of sp³-hybridized carbons (Fsp3) is 0.529. The third kappa shape index (κ3) is 3.82. The SMILES string of the molecule is CC1Oc2c(cccc2C(=O)N(C)CCC(N)C(C)C)NC1=O. The Labute approximate surface area is 137 Å². The molecule has 0 saturated heterocycles. The summed E-state index contributed by atoms with van der Waals surface area (Å²) in [5.74, 6) is 0.464. The first-order valence-corrected chi connectivity index (χ1v) is 7.92. The average molecular weight is 319 g/mol. The van der Waals surface area contributed by atoms with Crippen molar-refractivity contribution < 1.29 is 14.3 Å². The van der Waals surface area contributed by atoms with Crippen LogP contribution in [0.1, 0.15) is 37.6 Å². The van der Waals surface area contributed by atoms with Crippen molar-refractivity contribution in [3.8, 4) is 5.75 Å². The molecule has 2 atom stereocenters. The molecule has 0 aromatic heterocycles. The van der Waals surface area contributed by atoms with E-state index >= 15 is 0 Å². The maximum atomic E-state index is 12.7. The monoisotopic (exact) mass is 319 g/mol. The van der Waals surface area contributed by atoms with E-state index in [0.29, 0.717) is 29.5 Å². The predicted molar refractivity (Wildman–Crippen MR) is 89.6 cm³/mol. The zero-order valence-electron chi connectivity index (χ0n) is 14.1. The highest BCUT2D eigenvalue weighted by molar-refractivity contribution is 6.03. The average Bonchev–Trinajstić information content (AvgIpc) is 2.52. The first-order valence-electron chi connectivity index (χ1n) is 7.92. The van der Waals surface area contributed by atoms with Crippen molar-refractivity contribution in [3.05, 3.63) is 23.8 Å². The second-order valence-electron chi connectivity index (χ2n) is 6.35. The lowest BCUT2D eigenvalue weighted by atomic mass is 10.0. The third-order valence-electron chi connectivity index (χ3n) is 4.17. The van der Waals surface area contributed by atoms with Crippen molar-refractivity contribution in [2.45, 2.75) is 39.3 Å². The molecule has 6 nitrogen and oxygen atoms in total. The smallest absolute Gasteiger partial charge is 0.265 e. The molecule has 1 aliphatic heterocycles. The Hall–Kier alpha value is -2.08. The van der Waals surface area contributed by atoms with Gasteiger partial charge in [-0.3, -0.25) is 9.59 Å². The summed E-state index contributed by atoms with van der Waals surface area (Å²) in [6.45, 7) is 6.37. The number of nitrogens with two attached hydrogens (primary N) is 1. The zero-order valence-corrected chi connectivity index (χ0v) is 14.1. The van der Waals surface area contributed by atoms with Gasteiger partial charge in [-0.1, -0.05) is 19.9 Å². The lowest BCUT2D eigenvalue weighted by Gasteiger charge is -2.27. The quantitative estimate of drug-likeness (QED) is 0.867. The molecule has 2 unspecified atom stereocenters. The number of amides is 2. The van der Waals surface area contributed by atoms with Crippen LogP contribution in [0, 0.1) is 5.92 Å². The molecule has 0 spiro atoms. The van der Waals surface area contributed by atoms with E-state index in [0.717, 1.165) is 6.42 Å². The number of carbonyl (C=O) groups is 2. The summed E-state index contributed by atoms with van der Waals surface area (Å²) in [6, 6.07) is 5.24. The Morgan fingerprint density at radius 3 is 2.78 bits per heavy atom. The van der Waals surface area contributed by atoms with Crippen LogP contribution < -0.4 is 15.8 Å². The number of para-hydroxylation sites is 1. The summed E-state index contributed by atoms with van der Waals surface area (Å²) in [4.78, 5) is 26.0. The van der Waals surface area contributed by atoms with E-state index in [-0.39, 0.29) is 17.9 Å². The second-order valence-corrected chi connectivity index (χ2v) is 6.35. The molecule has 0 saturated carbocycles. The number of benzene rings is 1. The molecule has 6 heteroatoms. The number of carbonyl (C=O) groups excluding carboxylic acids is 2. The first-order chi connectivity index (χ1) is 10.8. The Balaban J connectivity index is 2.14. The van der Waals surface area contributed by atoms with Gasteiger partial charge in [0.25, 0.3) is 11.8 Å². The minimum atomic E-state index is -0.615.